The second-order valence-corrected chi connectivity index (χ2v) is 8.33. The van der Waals surface area contributed by atoms with Crippen LogP contribution in [0.25, 0.3) is 0 Å². The van der Waals surface area contributed by atoms with Crippen LogP contribution >= 0.6 is 0 Å². The Labute approximate surface area is 128 Å². The molecule has 0 bridgehead atoms. The fourth-order valence-electron chi connectivity index (χ4n) is 5.60. The molecule has 2 spiro atoms. The minimum atomic E-state index is -0.423. The average molecular weight is 294 g/mol. The first-order valence-corrected chi connectivity index (χ1v) is 9.08. The Morgan fingerprint density at radius 1 is 0.857 bits per heavy atom. The summed E-state index contributed by atoms with van der Waals surface area (Å²) in [7, 11) is 0. The topological polar surface area (TPSA) is 38.7 Å². The van der Waals surface area contributed by atoms with Gasteiger partial charge in [-0.25, -0.2) is 0 Å². The van der Waals surface area contributed by atoms with Gasteiger partial charge in [-0.05, 0) is 62.7 Å². The van der Waals surface area contributed by atoms with Gasteiger partial charge in [0.05, 0.1) is 17.8 Å². The third-order valence-corrected chi connectivity index (χ3v) is 7.16. The standard InChI is InChI=1S/C18H30O3/c19-18(8-6-16(7-9-18)4-1-2-5-16)15-3-11-21-17(13-15)10-12-20-14-17/h15,19H,1-14H2. The number of hydrogen-bond acceptors (Lipinski definition) is 3. The van der Waals surface area contributed by atoms with Crippen LogP contribution in [0.3, 0.4) is 0 Å². The van der Waals surface area contributed by atoms with Crippen molar-refractivity contribution in [1.82, 2.24) is 0 Å². The third kappa shape index (κ3) is 2.55. The van der Waals surface area contributed by atoms with Gasteiger partial charge in [0.15, 0.2) is 0 Å². The second-order valence-electron chi connectivity index (χ2n) is 8.33. The van der Waals surface area contributed by atoms with Gasteiger partial charge in [-0.1, -0.05) is 12.8 Å². The predicted molar refractivity (Wildman–Crippen MR) is 81.2 cm³/mol. The minimum absolute atomic E-state index is 0.0683. The molecule has 120 valence electrons. The second kappa shape index (κ2) is 5.21. The molecule has 3 nitrogen and oxygen atoms in total. The van der Waals surface area contributed by atoms with Crippen molar-refractivity contribution in [2.24, 2.45) is 11.3 Å². The van der Waals surface area contributed by atoms with Crippen LogP contribution in [0.15, 0.2) is 0 Å². The lowest BCUT2D eigenvalue weighted by Crippen LogP contribution is -2.51. The first kappa shape index (κ1) is 14.5. The van der Waals surface area contributed by atoms with E-state index in [1.165, 1.54) is 38.5 Å². The van der Waals surface area contributed by atoms with E-state index in [0.29, 0.717) is 11.3 Å². The van der Waals surface area contributed by atoms with Gasteiger partial charge in [-0.3, -0.25) is 0 Å². The van der Waals surface area contributed by atoms with E-state index in [-0.39, 0.29) is 5.60 Å². The van der Waals surface area contributed by atoms with E-state index >= 15 is 0 Å². The minimum Gasteiger partial charge on any atom is -0.390 e. The van der Waals surface area contributed by atoms with Crippen LogP contribution in [-0.4, -0.2) is 36.1 Å². The normalized spacial score (nSPS) is 41.9. The van der Waals surface area contributed by atoms with Crippen LogP contribution in [0.1, 0.15) is 70.6 Å². The van der Waals surface area contributed by atoms with Gasteiger partial charge < -0.3 is 14.6 Å². The number of rotatable bonds is 1. The van der Waals surface area contributed by atoms with Crippen molar-refractivity contribution in [2.45, 2.75) is 81.8 Å². The van der Waals surface area contributed by atoms with Gasteiger partial charge in [0.1, 0.15) is 0 Å². The first-order valence-electron chi connectivity index (χ1n) is 9.08. The molecule has 2 unspecified atom stereocenters. The first-order chi connectivity index (χ1) is 10.1. The van der Waals surface area contributed by atoms with Crippen molar-refractivity contribution in [3.05, 3.63) is 0 Å². The Balaban J connectivity index is 1.43. The highest BCUT2D eigenvalue weighted by molar-refractivity contribution is 5.02. The molecule has 4 fully saturated rings. The predicted octanol–water partition coefficient (Wildman–Crippen LogP) is 3.44. The quantitative estimate of drug-likeness (QED) is 0.805. The molecule has 21 heavy (non-hydrogen) atoms. The molecule has 4 rings (SSSR count). The Morgan fingerprint density at radius 2 is 1.62 bits per heavy atom. The van der Waals surface area contributed by atoms with Gasteiger partial charge in [0.2, 0.25) is 0 Å². The van der Waals surface area contributed by atoms with Crippen molar-refractivity contribution < 1.29 is 14.6 Å². The Bertz CT molecular complexity index is 370. The van der Waals surface area contributed by atoms with Gasteiger partial charge >= 0.3 is 0 Å². The monoisotopic (exact) mass is 294 g/mol. The van der Waals surface area contributed by atoms with Crippen molar-refractivity contribution in [3.63, 3.8) is 0 Å². The lowest BCUT2D eigenvalue weighted by Gasteiger charge is -2.49. The Hall–Kier alpha value is -0.120. The fraction of sp³-hybridized carbons (Fsp3) is 1.00. The maximum Gasteiger partial charge on any atom is 0.0940 e. The van der Waals surface area contributed by atoms with Gasteiger partial charge in [-0.2, -0.15) is 0 Å². The molecular formula is C18H30O3. The average Bonchev–Trinajstić information content (AvgIpc) is 3.14. The molecule has 2 saturated carbocycles. The largest absolute Gasteiger partial charge is 0.390 e. The highest BCUT2D eigenvalue weighted by Crippen LogP contribution is 2.54. The van der Waals surface area contributed by atoms with E-state index in [0.717, 1.165) is 51.9 Å². The summed E-state index contributed by atoms with van der Waals surface area (Å²) in [5, 5.41) is 11.3. The molecule has 0 aromatic heterocycles. The van der Waals surface area contributed by atoms with E-state index in [9.17, 15) is 5.11 Å². The third-order valence-electron chi connectivity index (χ3n) is 7.16. The molecule has 1 N–H and O–H groups in total. The van der Waals surface area contributed by atoms with Crippen molar-refractivity contribution in [3.8, 4) is 0 Å². The summed E-state index contributed by atoms with van der Waals surface area (Å²) in [5.41, 5.74) is 0.111. The van der Waals surface area contributed by atoms with Crippen LogP contribution in [0.5, 0.6) is 0 Å². The molecule has 4 aliphatic rings. The zero-order valence-electron chi connectivity index (χ0n) is 13.2. The molecule has 0 radical (unpaired) electrons. The zero-order chi connectivity index (χ0) is 14.4. The Kier molecular flexibility index (Phi) is 3.59. The number of ether oxygens (including phenoxy) is 2. The lowest BCUT2D eigenvalue weighted by atomic mass is 9.62. The van der Waals surface area contributed by atoms with E-state index in [1.807, 2.05) is 0 Å². The fourth-order valence-corrected chi connectivity index (χ4v) is 5.60. The SMILES string of the molecule is OC1(C2CCOC3(CCOC3)C2)CCC2(CCCC2)CC1. The van der Waals surface area contributed by atoms with E-state index < -0.39 is 5.60 Å². The van der Waals surface area contributed by atoms with Gasteiger partial charge in [-0.15, -0.1) is 0 Å². The smallest absolute Gasteiger partial charge is 0.0940 e. The van der Waals surface area contributed by atoms with Crippen molar-refractivity contribution >= 4 is 0 Å². The van der Waals surface area contributed by atoms with Crippen LogP contribution in [0, 0.1) is 11.3 Å². The molecule has 2 aliphatic heterocycles. The molecule has 3 heteroatoms. The molecule has 2 heterocycles. The van der Waals surface area contributed by atoms with Crippen LogP contribution in [0.2, 0.25) is 0 Å². The molecular weight excluding hydrogens is 264 g/mol. The lowest BCUT2D eigenvalue weighted by molar-refractivity contribution is -0.158. The van der Waals surface area contributed by atoms with Gasteiger partial charge in [0, 0.05) is 19.6 Å². The summed E-state index contributed by atoms with van der Waals surface area (Å²) in [6, 6.07) is 0. The van der Waals surface area contributed by atoms with Crippen LogP contribution in [-0.2, 0) is 9.47 Å². The van der Waals surface area contributed by atoms with Crippen molar-refractivity contribution in [2.75, 3.05) is 19.8 Å². The summed E-state index contributed by atoms with van der Waals surface area (Å²) in [6.07, 6.45) is 13.3. The molecule has 0 aromatic rings. The summed E-state index contributed by atoms with van der Waals surface area (Å²) >= 11 is 0. The summed E-state index contributed by atoms with van der Waals surface area (Å²) in [5.74, 6) is 0.423. The summed E-state index contributed by atoms with van der Waals surface area (Å²) < 4.78 is 11.6. The van der Waals surface area contributed by atoms with Crippen LogP contribution in [0.4, 0.5) is 0 Å². The molecule has 2 atom stereocenters. The van der Waals surface area contributed by atoms with Crippen molar-refractivity contribution in [1.29, 1.82) is 0 Å². The number of hydrogen-bond donors (Lipinski definition) is 1. The Morgan fingerprint density at radius 3 is 2.29 bits per heavy atom. The summed E-state index contributed by atoms with van der Waals surface area (Å²) in [4.78, 5) is 0. The molecule has 2 saturated heterocycles. The molecule has 0 amide bonds. The van der Waals surface area contributed by atoms with E-state index in [2.05, 4.69) is 0 Å². The maximum atomic E-state index is 11.3. The highest BCUT2D eigenvalue weighted by atomic mass is 16.6. The van der Waals surface area contributed by atoms with E-state index in [1.54, 1.807) is 0 Å². The summed E-state index contributed by atoms with van der Waals surface area (Å²) in [6.45, 7) is 2.37. The molecule has 0 aromatic carbocycles. The van der Waals surface area contributed by atoms with E-state index in [4.69, 9.17) is 9.47 Å². The van der Waals surface area contributed by atoms with Gasteiger partial charge in [0.25, 0.3) is 0 Å². The number of aliphatic hydroxyl groups is 1. The zero-order valence-corrected chi connectivity index (χ0v) is 13.2. The van der Waals surface area contributed by atoms with Crippen LogP contribution < -0.4 is 0 Å². The molecule has 2 aliphatic carbocycles. The maximum absolute atomic E-state index is 11.3. The highest BCUT2D eigenvalue weighted by Gasteiger charge is 2.51.